The van der Waals surface area contributed by atoms with Gasteiger partial charge < -0.3 is 10.4 Å². The number of aliphatic hydroxyl groups excluding tert-OH is 1. The van der Waals surface area contributed by atoms with Crippen LogP contribution >= 0.6 is 11.3 Å². The van der Waals surface area contributed by atoms with Crippen molar-refractivity contribution < 1.29 is 9.90 Å². The van der Waals surface area contributed by atoms with Gasteiger partial charge in [-0.05, 0) is 6.42 Å². The van der Waals surface area contributed by atoms with Crippen LogP contribution in [0.25, 0.3) is 0 Å². The minimum absolute atomic E-state index is 0.00699. The van der Waals surface area contributed by atoms with E-state index in [4.69, 9.17) is 5.11 Å². The number of thiazole rings is 1. The topological polar surface area (TPSA) is 62.2 Å². The molecule has 15 heavy (non-hydrogen) atoms. The quantitative estimate of drug-likeness (QED) is 0.767. The number of nitrogens with one attached hydrogen (secondary N) is 1. The molecule has 1 aromatic rings. The van der Waals surface area contributed by atoms with E-state index in [0.717, 1.165) is 5.01 Å². The van der Waals surface area contributed by atoms with Gasteiger partial charge in [-0.2, -0.15) is 0 Å². The maximum absolute atomic E-state index is 11.2. The molecule has 0 spiro atoms. The highest BCUT2D eigenvalue weighted by Gasteiger charge is 2.09. The first-order valence-electron chi connectivity index (χ1n) is 5.01. The third-order valence-corrected chi connectivity index (χ3v) is 3.05. The highest BCUT2D eigenvalue weighted by Crippen LogP contribution is 2.16. The lowest BCUT2D eigenvalue weighted by Gasteiger charge is -2.09. The molecular weight excluding hydrogens is 212 g/mol. The normalized spacial score (nSPS) is 12.4. The molecule has 4 nitrogen and oxygen atoms in total. The maximum Gasteiger partial charge on any atom is 0.220 e. The van der Waals surface area contributed by atoms with Gasteiger partial charge in [0.15, 0.2) is 0 Å². The van der Waals surface area contributed by atoms with Crippen LogP contribution in [0.4, 0.5) is 0 Å². The molecule has 0 radical (unpaired) electrons. The van der Waals surface area contributed by atoms with Crippen molar-refractivity contribution >= 4 is 17.2 Å². The van der Waals surface area contributed by atoms with Crippen LogP contribution in [0.1, 0.15) is 30.7 Å². The zero-order chi connectivity index (χ0) is 11.1. The summed E-state index contributed by atoms with van der Waals surface area (Å²) >= 11 is 1.60. The SMILES string of the molecule is CC(CNC(=O)CCCO)c1nccs1. The summed E-state index contributed by atoms with van der Waals surface area (Å²) in [5, 5.41) is 14.3. The molecule has 0 aliphatic heterocycles. The monoisotopic (exact) mass is 228 g/mol. The molecule has 2 N–H and O–H groups in total. The van der Waals surface area contributed by atoms with Crippen LogP contribution in [0.3, 0.4) is 0 Å². The van der Waals surface area contributed by atoms with Crippen molar-refractivity contribution in [3.63, 3.8) is 0 Å². The van der Waals surface area contributed by atoms with Crippen molar-refractivity contribution in [1.82, 2.24) is 10.3 Å². The van der Waals surface area contributed by atoms with E-state index in [2.05, 4.69) is 10.3 Å². The molecule has 84 valence electrons. The van der Waals surface area contributed by atoms with Gasteiger partial charge in [-0.3, -0.25) is 4.79 Å². The first kappa shape index (κ1) is 12.1. The van der Waals surface area contributed by atoms with E-state index in [9.17, 15) is 4.79 Å². The summed E-state index contributed by atoms with van der Waals surface area (Å²) in [5.74, 6) is 0.246. The van der Waals surface area contributed by atoms with Crippen LogP contribution in [0.15, 0.2) is 11.6 Å². The van der Waals surface area contributed by atoms with Gasteiger partial charge in [-0.25, -0.2) is 4.98 Å². The van der Waals surface area contributed by atoms with Crippen molar-refractivity contribution in [3.8, 4) is 0 Å². The van der Waals surface area contributed by atoms with Crippen LogP contribution in [-0.2, 0) is 4.79 Å². The first-order chi connectivity index (χ1) is 7.24. The Balaban J connectivity index is 2.22. The molecule has 1 rings (SSSR count). The third-order valence-electron chi connectivity index (χ3n) is 2.04. The molecule has 1 amide bonds. The maximum atomic E-state index is 11.2. The van der Waals surface area contributed by atoms with Crippen LogP contribution < -0.4 is 5.32 Å². The summed E-state index contributed by atoms with van der Waals surface area (Å²) in [5.41, 5.74) is 0. The molecule has 0 aliphatic rings. The summed E-state index contributed by atoms with van der Waals surface area (Å²) in [4.78, 5) is 15.4. The Bertz CT molecular complexity index is 288. The predicted octanol–water partition coefficient (Wildman–Crippen LogP) is 1.14. The molecule has 0 bridgehead atoms. The van der Waals surface area contributed by atoms with Crippen molar-refractivity contribution in [2.75, 3.05) is 13.2 Å². The van der Waals surface area contributed by atoms with E-state index >= 15 is 0 Å². The highest BCUT2D eigenvalue weighted by molar-refractivity contribution is 7.09. The molecular formula is C10H16N2O2S. The van der Waals surface area contributed by atoms with Gasteiger partial charge in [-0.15, -0.1) is 11.3 Å². The van der Waals surface area contributed by atoms with Crippen LogP contribution in [0.2, 0.25) is 0 Å². The number of hydrogen-bond donors (Lipinski definition) is 2. The van der Waals surface area contributed by atoms with Crippen LogP contribution in [0.5, 0.6) is 0 Å². The second-order valence-corrected chi connectivity index (χ2v) is 4.33. The number of aliphatic hydroxyl groups is 1. The molecule has 0 fully saturated rings. The number of amides is 1. The van der Waals surface area contributed by atoms with Gasteiger partial charge in [0.05, 0.1) is 5.01 Å². The van der Waals surface area contributed by atoms with Gasteiger partial charge in [0.1, 0.15) is 0 Å². The minimum Gasteiger partial charge on any atom is -0.396 e. The summed E-state index contributed by atoms with van der Waals surface area (Å²) in [6.45, 7) is 2.71. The number of rotatable bonds is 6. The van der Waals surface area contributed by atoms with Crippen molar-refractivity contribution in [3.05, 3.63) is 16.6 Å². The second kappa shape index (κ2) is 6.53. The standard InChI is InChI=1S/C10H16N2O2S/c1-8(10-11-4-6-15-10)7-12-9(14)3-2-5-13/h4,6,8,13H,2-3,5,7H2,1H3,(H,12,14). The van der Waals surface area contributed by atoms with E-state index in [-0.39, 0.29) is 18.4 Å². The summed E-state index contributed by atoms with van der Waals surface area (Å²) in [6, 6.07) is 0. The van der Waals surface area contributed by atoms with Crippen molar-refractivity contribution in [2.45, 2.75) is 25.7 Å². The number of carbonyl (C=O) groups is 1. The Morgan fingerprint density at radius 2 is 2.53 bits per heavy atom. The van der Waals surface area contributed by atoms with Gasteiger partial charge in [0, 0.05) is 37.1 Å². The van der Waals surface area contributed by atoms with E-state index < -0.39 is 0 Å². The number of carbonyl (C=O) groups excluding carboxylic acids is 1. The Morgan fingerprint density at radius 1 is 1.73 bits per heavy atom. The van der Waals surface area contributed by atoms with Gasteiger partial charge in [0.2, 0.25) is 5.91 Å². The molecule has 0 saturated carbocycles. The molecule has 0 saturated heterocycles. The van der Waals surface area contributed by atoms with Crippen LogP contribution in [0, 0.1) is 0 Å². The third kappa shape index (κ3) is 4.40. The molecule has 1 atom stereocenters. The lowest BCUT2D eigenvalue weighted by molar-refractivity contribution is -0.121. The fraction of sp³-hybridized carbons (Fsp3) is 0.600. The smallest absolute Gasteiger partial charge is 0.220 e. The Labute approximate surface area is 93.4 Å². The summed E-state index contributed by atoms with van der Waals surface area (Å²) in [6.07, 6.45) is 2.68. The van der Waals surface area contributed by atoms with Gasteiger partial charge in [0.25, 0.3) is 0 Å². The number of aromatic nitrogens is 1. The Morgan fingerprint density at radius 3 is 3.13 bits per heavy atom. The van der Waals surface area contributed by atoms with E-state index in [0.29, 0.717) is 19.4 Å². The fourth-order valence-corrected chi connectivity index (χ4v) is 1.86. The highest BCUT2D eigenvalue weighted by atomic mass is 32.1. The van der Waals surface area contributed by atoms with Gasteiger partial charge in [-0.1, -0.05) is 6.92 Å². The van der Waals surface area contributed by atoms with Crippen molar-refractivity contribution in [2.24, 2.45) is 0 Å². The average molecular weight is 228 g/mol. The summed E-state index contributed by atoms with van der Waals surface area (Å²) < 4.78 is 0. The van der Waals surface area contributed by atoms with E-state index in [1.807, 2.05) is 12.3 Å². The molecule has 0 aliphatic carbocycles. The Hall–Kier alpha value is -0.940. The second-order valence-electron chi connectivity index (χ2n) is 3.40. The molecule has 5 heteroatoms. The largest absolute Gasteiger partial charge is 0.396 e. The number of hydrogen-bond acceptors (Lipinski definition) is 4. The predicted molar refractivity (Wildman–Crippen MR) is 59.9 cm³/mol. The number of nitrogens with zero attached hydrogens (tertiary/aromatic N) is 1. The van der Waals surface area contributed by atoms with E-state index in [1.165, 1.54) is 0 Å². The zero-order valence-corrected chi connectivity index (χ0v) is 9.59. The zero-order valence-electron chi connectivity index (χ0n) is 8.77. The van der Waals surface area contributed by atoms with E-state index in [1.54, 1.807) is 17.5 Å². The fourth-order valence-electron chi connectivity index (χ4n) is 1.16. The first-order valence-corrected chi connectivity index (χ1v) is 5.89. The molecule has 0 aromatic carbocycles. The molecule has 1 aromatic heterocycles. The minimum atomic E-state index is -0.00699. The molecule has 1 heterocycles. The molecule has 1 unspecified atom stereocenters. The lowest BCUT2D eigenvalue weighted by Crippen LogP contribution is -2.27. The van der Waals surface area contributed by atoms with Crippen LogP contribution in [-0.4, -0.2) is 29.1 Å². The van der Waals surface area contributed by atoms with Crippen molar-refractivity contribution in [1.29, 1.82) is 0 Å². The van der Waals surface area contributed by atoms with Gasteiger partial charge >= 0.3 is 0 Å². The summed E-state index contributed by atoms with van der Waals surface area (Å²) in [7, 11) is 0. The average Bonchev–Trinajstić information content (AvgIpc) is 2.76. The Kier molecular flexibility index (Phi) is 5.28. The lowest BCUT2D eigenvalue weighted by atomic mass is 10.2.